The minimum absolute atomic E-state index is 0. The van der Waals surface area contributed by atoms with E-state index in [-0.39, 0.29) is 138 Å². The van der Waals surface area contributed by atoms with Crippen molar-refractivity contribution in [2.75, 3.05) is 0 Å². The largest absolute Gasteiger partial charge is 1.00 e. The van der Waals surface area contributed by atoms with Gasteiger partial charge in [0.15, 0.2) is 0 Å². The maximum Gasteiger partial charge on any atom is 1.00 e. The van der Waals surface area contributed by atoms with Crippen molar-refractivity contribution in [3.63, 3.8) is 0 Å². The van der Waals surface area contributed by atoms with E-state index < -0.39 is 48.5 Å². The van der Waals surface area contributed by atoms with Crippen LogP contribution in [0.3, 0.4) is 0 Å². The molecule has 2 unspecified atom stereocenters. The Labute approximate surface area is 270 Å². The Hall–Kier alpha value is 2.82. The number of hydrogen-bond acceptors (Lipinski definition) is 4. The van der Waals surface area contributed by atoms with E-state index in [2.05, 4.69) is 0 Å². The Morgan fingerprint density at radius 2 is 0.567 bits per heavy atom. The second-order valence-corrected chi connectivity index (χ2v) is 4.46. The molecule has 4 nitrogen and oxygen atoms in total. The van der Waals surface area contributed by atoms with Gasteiger partial charge < -0.3 is 10.2 Å². The van der Waals surface area contributed by atoms with Crippen LogP contribution in [0.2, 0.25) is 0 Å². The molecule has 30 heavy (non-hydrogen) atoms. The summed E-state index contributed by atoms with van der Waals surface area (Å²) >= 11 is 0. The van der Waals surface area contributed by atoms with Crippen LogP contribution >= 0.6 is 0 Å². The normalized spacial score (nSPS) is 18.6. The van der Waals surface area contributed by atoms with E-state index in [1.807, 2.05) is 0 Å². The molecule has 0 N–H and O–H groups in total. The standard InChI is InChI=1S/C8F16O4.2Cs/c9-1(3(11,12)13,5(17,18)25)27-7(21,22)8(23,24)28-2(10,4(14,15)16)6(19,20)26;;/q-2;2*+1. The Kier molecular flexibility index (Phi) is 13.5. The summed E-state index contributed by atoms with van der Waals surface area (Å²) in [4.78, 5) is 0. The van der Waals surface area contributed by atoms with Gasteiger partial charge in [0.05, 0.1) is 0 Å². The Morgan fingerprint density at radius 3 is 0.667 bits per heavy atom. The topological polar surface area (TPSA) is 64.6 Å². The molecular formula is C8Cs2F16O4. The molecule has 0 aliphatic rings. The van der Waals surface area contributed by atoms with E-state index in [4.69, 9.17) is 0 Å². The van der Waals surface area contributed by atoms with Crippen molar-refractivity contribution < 1.29 is 228 Å². The average Bonchev–Trinajstić information content (AvgIpc) is 2.31. The summed E-state index contributed by atoms with van der Waals surface area (Å²) in [6.07, 6.45) is -45.6. The van der Waals surface area contributed by atoms with E-state index in [1.54, 1.807) is 0 Å². The van der Waals surface area contributed by atoms with Crippen molar-refractivity contribution in [3.8, 4) is 0 Å². The van der Waals surface area contributed by atoms with Crippen molar-refractivity contribution >= 4 is 0 Å². The van der Waals surface area contributed by atoms with Crippen LogP contribution in [-0.4, -0.2) is 48.5 Å². The molecule has 2 atom stereocenters. The minimum atomic E-state index is -7.81. The van der Waals surface area contributed by atoms with Crippen molar-refractivity contribution in [2.45, 2.75) is 48.5 Å². The van der Waals surface area contributed by atoms with Gasteiger partial charge >= 0.3 is 174 Å². The van der Waals surface area contributed by atoms with E-state index in [0.29, 0.717) is 0 Å². The third kappa shape index (κ3) is 7.66. The fourth-order valence-corrected chi connectivity index (χ4v) is 1.04. The maximum atomic E-state index is 12.9. The second-order valence-electron chi connectivity index (χ2n) is 4.46. The summed E-state index contributed by atoms with van der Waals surface area (Å²) in [5, 5.41) is 19.6. The predicted molar refractivity (Wildman–Crippen MR) is 41.7 cm³/mol. The monoisotopic (exact) mass is 730 g/mol. The molecule has 0 rings (SSSR count). The van der Waals surface area contributed by atoms with Crippen molar-refractivity contribution in [2.24, 2.45) is 0 Å². The number of rotatable bonds is 7. The van der Waals surface area contributed by atoms with Gasteiger partial charge in [-0.05, 0) is 0 Å². The van der Waals surface area contributed by atoms with Gasteiger partial charge in [0.2, 0.25) is 0 Å². The third-order valence-corrected chi connectivity index (χ3v) is 2.35. The van der Waals surface area contributed by atoms with Crippen LogP contribution in [0.25, 0.3) is 0 Å². The summed E-state index contributed by atoms with van der Waals surface area (Å²) in [5.41, 5.74) is 0. The molecule has 0 amide bonds. The van der Waals surface area contributed by atoms with Crippen LogP contribution < -0.4 is 148 Å². The van der Waals surface area contributed by atoms with Gasteiger partial charge in [0.25, 0.3) is 12.2 Å². The fourth-order valence-electron chi connectivity index (χ4n) is 1.04. The molecule has 0 aromatic rings. The molecule has 0 aliphatic heterocycles. The summed E-state index contributed by atoms with van der Waals surface area (Å²) in [5.74, 6) is -15.2. The first kappa shape index (κ1) is 37.4. The van der Waals surface area contributed by atoms with Crippen LogP contribution in [0.1, 0.15) is 0 Å². The van der Waals surface area contributed by atoms with E-state index in [0.717, 1.165) is 0 Å². The zero-order valence-electron chi connectivity index (χ0n) is 13.7. The second kappa shape index (κ2) is 10.8. The molecule has 0 fully saturated rings. The maximum absolute atomic E-state index is 12.9. The van der Waals surface area contributed by atoms with Gasteiger partial charge in [0, 0.05) is 0 Å². The summed E-state index contributed by atoms with van der Waals surface area (Å²) in [7, 11) is 0. The molecule has 0 spiro atoms. The quantitative estimate of drug-likeness (QED) is 0.257. The first-order valence-electron chi connectivity index (χ1n) is 5.50. The predicted octanol–water partition coefficient (Wildman–Crippen LogP) is -3.42. The molecule has 170 valence electrons. The zero-order chi connectivity index (χ0) is 23.4. The van der Waals surface area contributed by atoms with Crippen LogP contribution in [0, 0.1) is 0 Å². The van der Waals surface area contributed by atoms with Crippen LogP contribution in [0.15, 0.2) is 0 Å². The van der Waals surface area contributed by atoms with Gasteiger partial charge in [-0.2, -0.15) is 52.7 Å². The molecule has 0 aliphatic carbocycles. The molecule has 0 saturated carbocycles. The van der Waals surface area contributed by atoms with Crippen LogP contribution in [0.5, 0.6) is 0 Å². The summed E-state index contributed by atoms with van der Waals surface area (Å²) < 4.78 is 200. The smallest absolute Gasteiger partial charge is 0.794 e. The van der Waals surface area contributed by atoms with Crippen molar-refractivity contribution in [1.29, 1.82) is 0 Å². The molecule has 22 heteroatoms. The molecule has 0 bridgehead atoms. The summed E-state index contributed by atoms with van der Waals surface area (Å²) in [6.45, 7) is 0. The van der Waals surface area contributed by atoms with Crippen LogP contribution in [-0.2, 0) is 9.47 Å². The van der Waals surface area contributed by atoms with Crippen molar-refractivity contribution in [3.05, 3.63) is 0 Å². The number of ether oxygens (including phenoxy) is 2. The first-order valence-corrected chi connectivity index (χ1v) is 5.50. The SMILES string of the molecule is [Cs+].[Cs+].[O-]C(F)(F)C(F)(OC(F)(F)C(F)(F)OC(F)(C([O-])(F)F)C(F)(F)F)C(F)(F)F. The summed E-state index contributed by atoms with van der Waals surface area (Å²) in [6, 6.07) is 0. The molecule has 0 aromatic heterocycles. The van der Waals surface area contributed by atoms with E-state index >= 15 is 0 Å². The molecular weight excluding hydrogens is 730 g/mol. The van der Waals surface area contributed by atoms with Gasteiger partial charge in [-0.3, -0.25) is 9.47 Å². The molecule has 0 saturated heterocycles. The minimum Gasteiger partial charge on any atom is -0.794 e. The van der Waals surface area contributed by atoms with Gasteiger partial charge in [0.1, 0.15) is 0 Å². The number of hydrogen-bond donors (Lipinski definition) is 0. The number of halogens is 16. The van der Waals surface area contributed by atoms with E-state index in [9.17, 15) is 80.5 Å². The van der Waals surface area contributed by atoms with Gasteiger partial charge in [-0.15, -0.1) is 0 Å². The van der Waals surface area contributed by atoms with E-state index in [1.165, 1.54) is 9.47 Å². The Balaban J connectivity index is -0.00000364. The van der Waals surface area contributed by atoms with Crippen LogP contribution in [0.4, 0.5) is 70.2 Å². The molecule has 0 radical (unpaired) electrons. The first-order chi connectivity index (χ1) is 11.7. The third-order valence-electron chi connectivity index (χ3n) is 2.35. The molecule has 0 heterocycles. The fraction of sp³-hybridized carbons (Fsp3) is 1.00. The number of alkyl halides is 16. The Bertz CT molecular complexity index is 486. The molecule has 0 aromatic carbocycles. The van der Waals surface area contributed by atoms with Gasteiger partial charge in [-0.25, -0.2) is 17.6 Å². The van der Waals surface area contributed by atoms with Crippen molar-refractivity contribution in [1.82, 2.24) is 0 Å². The average molecular weight is 730 g/mol. The Morgan fingerprint density at radius 1 is 0.400 bits per heavy atom. The van der Waals surface area contributed by atoms with Gasteiger partial charge in [-0.1, -0.05) is 0 Å². The zero-order valence-corrected chi connectivity index (χ0v) is 26.2.